The summed E-state index contributed by atoms with van der Waals surface area (Å²) < 4.78 is 0. The summed E-state index contributed by atoms with van der Waals surface area (Å²) in [7, 11) is 0. The number of hydrogen-bond donors (Lipinski definition) is 2. The van der Waals surface area contributed by atoms with E-state index in [0.717, 1.165) is 44.2 Å². The van der Waals surface area contributed by atoms with E-state index >= 15 is 0 Å². The van der Waals surface area contributed by atoms with Crippen LogP contribution in [0.2, 0.25) is 10.0 Å². The molecule has 1 aromatic rings. The highest BCUT2D eigenvalue weighted by Crippen LogP contribution is 2.23. The molecule has 0 aliphatic heterocycles. The molecule has 0 fully saturated rings. The van der Waals surface area contributed by atoms with Crippen molar-refractivity contribution in [1.82, 2.24) is 5.32 Å². The zero-order chi connectivity index (χ0) is 15.7. The molecule has 0 saturated carbocycles. The van der Waals surface area contributed by atoms with Crippen LogP contribution in [0, 0.1) is 0 Å². The van der Waals surface area contributed by atoms with Crippen LogP contribution >= 0.6 is 23.2 Å². The van der Waals surface area contributed by atoms with Gasteiger partial charge < -0.3 is 10.4 Å². The molecule has 0 aromatic heterocycles. The second-order valence-corrected chi connectivity index (χ2v) is 6.01. The van der Waals surface area contributed by atoms with Crippen LogP contribution in [0.3, 0.4) is 0 Å². The zero-order valence-electron chi connectivity index (χ0n) is 12.4. The van der Waals surface area contributed by atoms with Crippen LogP contribution in [0.1, 0.15) is 44.6 Å². The van der Waals surface area contributed by atoms with Crippen molar-refractivity contribution in [1.29, 1.82) is 0 Å². The van der Waals surface area contributed by atoms with Crippen molar-refractivity contribution in [3.63, 3.8) is 0 Å². The lowest BCUT2D eigenvalue weighted by Gasteiger charge is -2.13. The Labute approximate surface area is 136 Å². The van der Waals surface area contributed by atoms with Crippen molar-refractivity contribution in [2.45, 2.75) is 51.5 Å². The van der Waals surface area contributed by atoms with Gasteiger partial charge >= 0.3 is 5.97 Å². The molecule has 0 aliphatic rings. The van der Waals surface area contributed by atoms with Gasteiger partial charge in [-0.3, -0.25) is 4.79 Å². The molecule has 0 aliphatic carbocycles. The molecule has 0 radical (unpaired) electrons. The number of aliphatic carboxylic acids is 1. The maximum absolute atomic E-state index is 11.1. The summed E-state index contributed by atoms with van der Waals surface area (Å²) in [6.07, 6.45) is 5.50. The van der Waals surface area contributed by atoms with Crippen LogP contribution < -0.4 is 5.32 Å². The van der Waals surface area contributed by atoms with E-state index in [0.29, 0.717) is 16.5 Å². The van der Waals surface area contributed by atoms with Gasteiger partial charge in [0.25, 0.3) is 0 Å². The number of carboxylic acids is 1. The summed E-state index contributed by atoms with van der Waals surface area (Å²) >= 11 is 11.8. The summed E-state index contributed by atoms with van der Waals surface area (Å²) in [6.45, 7) is 2.79. The molecule has 1 aromatic carbocycles. The van der Waals surface area contributed by atoms with E-state index in [1.54, 1.807) is 0 Å². The van der Waals surface area contributed by atoms with Crippen LogP contribution in [0.25, 0.3) is 0 Å². The average Bonchev–Trinajstić information content (AvgIpc) is 2.45. The summed E-state index contributed by atoms with van der Waals surface area (Å²) in [6, 6.07) is 5.25. The Bertz CT molecular complexity index is 452. The number of carboxylic acid groups (broad SMARTS) is 1. The van der Waals surface area contributed by atoms with Gasteiger partial charge in [0.05, 0.1) is 10.0 Å². The first kappa shape index (κ1) is 18.3. The van der Waals surface area contributed by atoms with Gasteiger partial charge in [-0.15, -0.1) is 0 Å². The third-order valence-corrected chi connectivity index (χ3v) is 4.15. The molecule has 3 nitrogen and oxygen atoms in total. The molecule has 5 heteroatoms. The molecule has 2 N–H and O–H groups in total. The van der Waals surface area contributed by atoms with Crippen molar-refractivity contribution in [3.05, 3.63) is 33.8 Å². The van der Waals surface area contributed by atoms with Crippen LogP contribution in [0.4, 0.5) is 0 Å². The van der Waals surface area contributed by atoms with Crippen molar-refractivity contribution >= 4 is 29.2 Å². The Morgan fingerprint density at radius 3 is 2.62 bits per heavy atom. The molecular formula is C16H23Cl2NO2. The molecule has 0 bridgehead atoms. The lowest BCUT2D eigenvalue weighted by Crippen LogP contribution is -2.37. The molecule has 1 rings (SSSR count). The van der Waals surface area contributed by atoms with Gasteiger partial charge in [0.15, 0.2) is 0 Å². The van der Waals surface area contributed by atoms with E-state index in [9.17, 15) is 4.79 Å². The first-order chi connectivity index (χ1) is 10.0. The summed E-state index contributed by atoms with van der Waals surface area (Å²) in [5.41, 5.74) is 1.16. The number of hydrogen-bond acceptors (Lipinski definition) is 2. The number of aryl methyl sites for hydroxylation is 1. The molecular weight excluding hydrogens is 309 g/mol. The van der Waals surface area contributed by atoms with Crippen molar-refractivity contribution < 1.29 is 9.90 Å². The van der Waals surface area contributed by atoms with E-state index in [4.69, 9.17) is 28.3 Å². The Morgan fingerprint density at radius 1 is 1.24 bits per heavy atom. The van der Waals surface area contributed by atoms with E-state index in [1.165, 1.54) is 0 Å². The Kier molecular flexibility index (Phi) is 8.74. The van der Waals surface area contributed by atoms with E-state index < -0.39 is 12.0 Å². The highest BCUT2D eigenvalue weighted by molar-refractivity contribution is 6.42. The van der Waals surface area contributed by atoms with Gasteiger partial charge in [-0.05, 0) is 49.9 Å². The summed E-state index contributed by atoms with van der Waals surface area (Å²) in [5.74, 6) is -0.757. The second kappa shape index (κ2) is 10.0. The number of unbranched alkanes of at least 4 members (excludes halogenated alkanes) is 2. The van der Waals surface area contributed by atoms with Crippen molar-refractivity contribution in [2.75, 3.05) is 6.54 Å². The highest BCUT2D eigenvalue weighted by Gasteiger charge is 2.14. The average molecular weight is 332 g/mol. The fraction of sp³-hybridized carbons (Fsp3) is 0.562. The van der Waals surface area contributed by atoms with Crippen molar-refractivity contribution in [2.24, 2.45) is 0 Å². The van der Waals surface area contributed by atoms with Crippen LogP contribution in [0.15, 0.2) is 18.2 Å². The topological polar surface area (TPSA) is 49.3 Å². The molecule has 0 spiro atoms. The maximum Gasteiger partial charge on any atom is 0.320 e. The smallest absolute Gasteiger partial charge is 0.320 e. The minimum absolute atomic E-state index is 0.421. The third kappa shape index (κ3) is 7.16. The second-order valence-electron chi connectivity index (χ2n) is 5.19. The molecule has 0 amide bonds. The summed E-state index contributed by atoms with van der Waals surface area (Å²) in [5, 5.41) is 13.4. The van der Waals surface area contributed by atoms with Gasteiger partial charge in [-0.2, -0.15) is 0 Å². The molecule has 1 atom stereocenters. The molecule has 0 unspecified atom stereocenters. The molecule has 118 valence electrons. The van der Waals surface area contributed by atoms with Gasteiger partial charge in [-0.25, -0.2) is 0 Å². The van der Waals surface area contributed by atoms with Crippen LogP contribution in [-0.2, 0) is 11.2 Å². The Hall–Kier alpha value is -0.770. The number of benzene rings is 1. The van der Waals surface area contributed by atoms with Crippen LogP contribution in [0.5, 0.6) is 0 Å². The van der Waals surface area contributed by atoms with E-state index in [-0.39, 0.29) is 0 Å². The van der Waals surface area contributed by atoms with E-state index in [1.807, 2.05) is 18.2 Å². The Balaban J connectivity index is 2.23. The Morgan fingerprint density at radius 2 is 2.00 bits per heavy atom. The lowest BCUT2D eigenvalue weighted by atomic mass is 10.1. The van der Waals surface area contributed by atoms with E-state index in [2.05, 4.69) is 12.2 Å². The van der Waals surface area contributed by atoms with Gasteiger partial charge in [0, 0.05) is 0 Å². The molecule has 0 heterocycles. The maximum atomic E-state index is 11.1. The summed E-state index contributed by atoms with van der Waals surface area (Å²) in [4.78, 5) is 11.1. The van der Waals surface area contributed by atoms with Gasteiger partial charge in [0.2, 0.25) is 0 Å². The van der Waals surface area contributed by atoms with Crippen molar-refractivity contribution in [3.8, 4) is 0 Å². The fourth-order valence-electron chi connectivity index (χ4n) is 2.15. The number of halogens is 2. The first-order valence-electron chi connectivity index (χ1n) is 7.44. The lowest BCUT2D eigenvalue weighted by molar-refractivity contribution is -0.139. The van der Waals surface area contributed by atoms with Gasteiger partial charge in [0.1, 0.15) is 6.04 Å². The standard InChI is InChI=1S/C16H23Cl2NO2/c1-2-3-7-15(16(20)21)19-10-5-4-6-12-8-9-13(17)14(18)11-12/h8-9,11,15,19H,2-7,10H2,1H3,(H,20,21)/t15-/m0/s1. The quantitative estimate of drug-likeness (QED) is 0.618. The molecule has 21 heavy (non-hydrogen) atoms. The minimum atomic E-state index is -0.757. The first-order valence-corrected chi connectivity index (χ1v) is 8.20. The molecule has 0 saturated heterocycles. The normalized spacial score (nSPS) is 12.3. The third-order valence-electron chi connectivity index (χ3n) is 3.41. The highest BCUT2D eigenvalue weighted by atomic mass is 35.5. The predicted molar refractivity (Wildman–Crippen MR) is 88.4 cm³/mol. The monoisotopic (exact) mass is 331 g/mol. The number of carbonyl (C=O) groups is 1. The SMILES string of the molecule is CCCC[C@H](NCCCCc1ccc(Cl)c(Cl)c1)C(=O)O. The minimum Gasteiger partial charge on any atom is -0.480 e. The van der Waals surface area contributed by atoms with Gasteiger partial charge in [-0.1, -0.05) is 49.0 Å². The number of rotatable bonds is 10. The fourth-order valence-corrected chi connectivity index (χ4v) is 2.47. The number of nitrogens with one attached hydrogen (secondary N) is 1. The zero-order valence-corrected chi connectivity index (χ0v) is 13.9. The van der Waals surface area contributed by atoms with Crippen LogP contribution in [-0.4, -0.2) is 23.7 Å². The largest absolute Gasteiger partial charge is 0.480 e. The predicted octanol–water partition coefficient (Wildman–Crippen LogP) is 4.55.